The summed E-state index contributed by atoms with van der Waals surface area (Å²) in [5.74, 6) is 2.00. The van der Waals surface area contributed by atoms with Gasteiger partial charge in [0.1, 0.15) is 17.7 Å². The molecular weight excluding hydrogens is 472 g/mol. The number of nitrogens with zero attached hydrogens (tertiary/aromatic N) is 4. The maximum absolute atomic E-state index is 11.6. The summed E-state index contributed by atoms with van der Waals surface area (Å²) < 4.78 is 0. The van der Waals surface area contributed by atoms with E-state index in [-0.39, 0.29) is 5.41 Å². The fraction of sp³-hybridized carbons (Fsp3) is 0.419. The highest BCUT2D eigenvalue weighted by Gasteiger charge is 2.37. The summed E-state index contributed by atoms with van der Waals surface area (Å²) >= 11 is 0. The van der Waals surface area contributed by atoms with Crippen LogP contribution in [0.3, 0.4) is 0 Å². The fourth-order valence-electron chi connectivity index (χ4n) is 6.32. The molecule has 0 unspecified atom stereocenters. The number of hydrogen-bond acceptors (Lipinski definition) is 6. The largest absolute Gasteiger partial charge is 0.367 e. The van der Waals surface area contributed by atoms with Crippen LogP contribution in [0.2, 0.25) is 0 Å². The summed E-state index contributed by atoms with van der Waals surface area (Å²) in [7, 11) is 0. The van der Waals surface area contributed by atoms with Gasteiger partial charge in [-0.2, -0.15) is 5.26 Å². The van der Waals surface area contributed by atoms with E-state index in [0.29, 0.717) is 23.1 Å². The van der Waals surface area contributed by atoms with E-state index < -0.39 is 5.91 Å². The number of aromatic nitrogens is 2. The second-order valence-electron chi connectivity index (χ2n) is 11.2. The molecule has 2 aromatic heterocycles. The van der Waals surface area contributed by atoms with Crippen LogP contribution in [-0.2, 0) is 0 Å². The van der Waals surface area contributed by atoms with Gasteiger partial charge >= 0.3 is 0 Å². The number of nitriles is 1. The van der Waals surface area contributed by atoms with Crippen molar-refractivity contribution in [2.45, 2.75) is 57.9 Å². The third-order valence-electron chi connectivity index (χ3n) is 8.22. The van der Waals surface area contributed by atoms with E-state index in [2.05, 4.69) is 39.2 Å². The molecule has 1 amide bonds. The van der Waals surface area contributed by atoms with Crippen molar-refractivity contribution in [1.29, 1.82) is 5.26 Å². The predicted octanol–water partition coefficient (Wildman–Crippen LogP) is 5.78. The van der Waals surface area contributed by atoms with Crippen LogP contribution in [0.4, 0.5) is 11.6 Å². The van der Waals surface area contributed by atoms with Gasteiger partial charge in [-0.05, 0) is 91.0 Å². The Balaban J connectivity index is 1.28. The Hall–Kier alpha value is -3.92. The first kappa shape index (κ1) is 25.7. The van der Waals surface area contributed by atoms with Gasteiger partial charge in [-0.1, -0.05) is 31.9 Å². The molecule has 1 aromatic carbocycles. The molecule has 2 aliphatic rings. The lowest BCUT2D eigenvalue weighted by Gasteiger charge is -2.45. The summed E-state index contributed by atoms with van der Waals surface area (Å²) in [4.78, 5) is 23.2. The molecule has 1 saturated heterocycles. The molecule has 7 heteroatoms. The predicted molar refractivity (Wildman–Crippen MR) is 151 cm³/mol. The van der Waals surface area contributed by atoms with E-state index in [4.69, 9.17) is 11.0 Å². The van der Waals surface area contributed by atoms with Gasteiger partial charge < -0.3 is 16.0 Å². The zero-order valence-corrected chi connectivity index (χ0v) is 22.1. The molecule has 3 atom stereocenters. The normalized spacial score (nSPS) is 23.4. The van der Waals surface area contributed by atoms with Crippen LogP contribution in [-0.4, -0.2) is 35.0 Å². The van der Waals surface area contributed by atoms with Crippen LogP contribution in [0.25, 0.3) is 11.1 Å². The Morgan fingerprint density at radius 2 is 1.97 bits per heavy atom. The van der Waals surface area contributed by atoms with Crippen molar-refractivity contribution in [3.63, 3.8) is 0 Å². The minimum Gasteiger partial charge on any atom is -0.367 e. The molecular formula is C31H36N6O. The van der Waals surface area contributed by atoms with Crippen molar-refractivity contribution in [3.8, 4) is 17.2 Å². The van der Waals surface area contributed by atoms with Crippen molar-refractivity contribution in [1.82, 2.24) is 9.97 Å². The highest BCUT2D eigenvalue weighted by molar-refractivity contribution is 5.94. The van der Waals surface area contributed by atoms with E-state index >= 15 is 0 Å². The Labute approximate surface area is 225 Å². The zero-order valence-electron chi connectivity index (χ0n) is 22.1. The van der Waals surface area contributed by atoms with Crippen LogP contribution in [0.1, 0.15) is 67.8 Å². The number of anilines is 2. The number of hydrogen-bond donors (Lipinski definition) is 2. The molecule has 3 aromatic rings. The lowest BCUT2D eigenvalue weighted by atomic mass is 9.70. The number of piperidine rings is 1. The van der Waals surface area contributed by atoms with Gasteiger partial charge in [0.15, 0.2) is 0 Å². The lowest BCUT2D eigenvalue weighted by Crippen LogP contribution is -2.45. The first-order chi connectivity index (χ1) is 18.4. The van der Waals surface area contributed by atoms with Gasteiger partial charge in [0.2, 0.25) is 5.91 Å². The van der Waals surface area contributed by atoms with E-state index in [1.807, 2.05) is 42.6 Å². The van der Waals surface area contributed by atoms with Gasteiger partial charge in [-0.15, -0.1) is 0 Å². The van der Waals surface area contributed by atoms with E-state index in [9.17, 15) is 4.79 Å². The summed E-state index contributed by atoms with van der Waals surface area (Å²) in [5, 5.41) is 12.9. The van der Waals surface area contributed by atoms with E-state index in [1.54, 1.807) is 12.3 Å². The number of nitrogens with two attached hydrogens (primary N) is 1. The molecule has 3 N–H and O–H groups in total. The SMILES string of the molecule is C[C@]1(C[C@@H]2CCCC[C@H]2Nc2cc(-c3cccc(C(N)=O)c3)ccn2)CCCN(c2ccc(C#N)cn2)C1. The first-order valence-corrected chi connectivity index (χ1v) is 13.7. The molecule has 38 heavy (non-hydrogen) atoms. The molecule has 1 aliphatic carbocycles. The average Bonchev–Trinajstić information content (AvgIpc) is 2.94. The molecule has 2 fully saturated rings. The molecule has 5 rings (SSSR count). The Kier molecular flexibility index (Phi) is 7.59. The number of carbonyl (C=O) groups excluding carboxylic acids is 1. The number of primary amides is 1. The molecule has 1 aliphatic heterocycles. The smallest absolute Gasteiger partial charge is 0.248 e. The second kappa shape index (κ2) is 11.2. The van der Waals surface area contributed by atoms with Crippen LogP contribution in [0.5, 0.6) is 0 Å². The maximum Gasteiger partial charge on any atom is 0.248 e. The van der Waals surface area contributed by atoms with E-state index in [1.165, 1.54) is 25.7 Å². The summed E-state index contributed by atoms with van der Waals surface area (Å²) in [6, 6.07) is 17.9. The number of nitrogens with one attached hydrogen (secondary N) is 1. The molecule has 196 valence electrons. The molecule has 7 nitrogen and oxygen atoms in total. The van der Waals surface area contributed by atoms with Gasteiger partial charge in [0.25, 0.3) is 0 Å². The van der Waals surface area contributed by atoms with Gasteiger partial charge in [-0.3, -0.25) is 4.79 Å². The van der Waals surface area contributed by atoms with Crippen molar-refractivity contribution in [2.24, 2.45) is 17.1 Å². The van der Waals surface area contributed by atoms with Crippen LogP contribution in [0.15, 0.2) is 60.9 Å². The minimum absolute atomic E-state index is 0.209. The third-order valence-corrected chi connectivity index (χ3v) is 8.22. The van der Waals surface area contributed by atoms with E-state index in [0.717, 1.165) is 55.1 Å². The summed E-state index contributed by atoms with van der Waals surface area (Å²) in [6.45, 7) is 4.42. The molecule has 1 saturated carbocycles. The minimum atomic E-state index is -0.422. The topological polar surface area (TPSA) is 108 Å². The van der Waals surface area contributed by atoms with Gasteiger partial charge in [0, 0.05) is 37.1 Å². The molecule has 0 bridgehead atoms. The average molecular weight is 509 g/mol. The van der Waals surface area contributed by atoms with Crippen LogP contribution >= 0.6 is 0 Å². The Morgan fingerprint density at radius 3 is 2.76 bits per heavy atom. The molecule has 0 spiro atoms. The number of pyridine rings is 2. The van der Waals surface area contributed by atoms with Crippen molar-refractivity contribution in [3.05, 3.63) is 72.1 Å². The lowest BCUT2D eigenvalue weighted by molar-refractivity contribution is 0.100. The number of rotatable bonds is 7. The van der Waals surface area contributed by atoms with Crippen molar-refractivity contribution >= 4 is 17.5 Å². The molecule has 0 radical (unpaired) electrons. The summed E-state index contributed by atoms with van der Waals surface area (Å²) in [5.41, 5.74) is 8.78. The third kappa shape index (κ3) is 5.96. The Bertz CT molecular complexity index is 1320. The highest BCUT2D eigenvalue weighted by atomic mass is 16.1. The fourth-order valence-corrected chi connectivity index (χ4v) is 6.32. The second-order valence-corrected chi connectivity index (χ2v) is 11.2. The number of carbonyl (C=O) groups is 1. The first-order valence-electron chi connectivity index (χ1n) is 13.7. The monoisotopic (exact) mass is 508 g/mol. The highest BCUT2D eigenvalue weighted by Crippen LogP contribution is 2.42. The van der Waals surface area contributed by atoms with Crippen molar-refractivity contribution < 1.29 is 4.79 Å². The quantitative estimate of drug-likeness (QED) is 0.419. The van der Waals surface area contributed by atoms with Gasteiger partial charge in [-0.25, -0.2) is 9.97 Å². The van der Waals surface area contributed by atoms with Gasteiger partial charge in [0.05, 0.1) is 5.56 Å². The van der Waals surface area contributed by atoms with Crippen LogP contribution in [0, 0.1) is 22.7 Å². The number of benzene rings is 1. The Morgan fingerprint density at radius 1 is 1.13 bits per heavy atom. The summed E-state index contributed by atoms with van der Waals surface area (Å²) in [6.07, 6.45) is 11.9. The maximum atomic E-state index is 11.6. The molecule has 3 heterocycles. The van der Waals surface area contributed by atoms with Crippen molar-refractivity contribution in [2.75, 3.05) is 23.3 Å². The number of amides is 1. The zero-order chi connectivity index (χ0) is 26.5. The standard InChI is InChI=1S/C31H36N6O/c1-31(13-5-15-37(21-31)29-11-10-22(19-32)20-35-29)18-26-6-2-3-9-27(26)36-28-17-24(12-14-34-28)23-7-4-8-25(16-23)30(33)38/h4,7-8,10-12,14,16-17,20,26-27H,2-3,5-6,9,13,15,18,21H2,1H3,(H2,33,38)(H,34,36)/t26-,27+,31+/m0/s1. The van der Waals surface area contributed by atoms with Crippen LogP contribution < -0.4 is 16.0 Å².